The largest absolute Gasteiger partial charge is 0.380 e. The van der Waals surface area contributed by atoms with E-state index in [1.165, 1.54) is 0 Å². The first-order valence-electron chi connectivity index (χ1n) is 6.84. The van der Waals surface area contributed by atoms with E-state index in [0.29, 0.717) is 6.04 Å². The third kappa shape index (κ3) is 5.82. The van der Waals surface area contributed by atoms with Crippen LogP contribution in [0.3, 0.4) is 0 Å². The number of hydrogen-bond donors (Lipinski definition) is 1. The number of ether oxygens (including phenoxy) is 1. The highest BCUT2D eigenvalue weighted by atomic mass is 16.5. The molecule has 1 aliphatic heterocycles. The van der Waals surface area contributed by atoms with Crippen molar-refractivity contribution in [2.24, 2.45) is 11.7 Å². The van der Waals surface area contributed by atoms with Crippen LogP contribution in [0, 0.1) is 5.92 Å². The number of nitrogens with two attached hydrogens (primary N) is 1. The van der Waals surface area contributed by atoms with E-state index in [1.807, 2.05) is 0 Å². The van der Waals surface area contributed by atoms with Crippen LogP contribution in [0.2, 0.25) is 0 Å². The molecule has 4 nitrogen and oxygen atoms in total. The Morgan fingerprint density at radius 3 is 2.71 bits per heavy atom. The van der Waals surface area contributed by atoms with Gasteiger partial charge in [-0.3, -0.25) is 4.90 Å². The van der Waals surface area contributed by atoms with E-state index in [4.69, 9.17) is 10.5 Å². The van der Waals surface area contributed by atoms with Crippen LogP contribution in [-0.4, -0.2) is 68.8 Å². The molecule has 0 saturated carbocycles. The molecule has 0 aromatic heterocycles. The molecular formula is C13H29N3O. The van der Waals surface area contributed by atoms with Gasteiger partial charge in [-0.05, 0) is 19.4 Å². The zero-order chi connectivity index (χ0) is 12.7. The third-order valence-electron chi connectivity index (χ3n) is 3.44. The fraction of sp³-hybridized carbons (Fsp3) is 1.00. The van der Waals surface area contributed by atoms with Crippen molar-refractivity contribution in [1.29, 1.82) is 0 Å². The maximum absolute atomic E-state index is 5.82. The van der Waals surface area contributed by atoms with Crippen LogP contribution in [0.5, 0.6) is 0 Å². The zero-order valence-electron chi connectivity index (χ0n) is 11.7. The molecule has 2 N–H and O–H groups in total. The molecule has 1 aliphatic rings. The third-order valence-corrected chi connectivity index (χ3v) is 3.44. The quantitative estimate of drug-likeness (QED) is 0.666. The lowest BCUT2D eigenvalue weighted by atomic mass is 10.1. The molecule has 0 radical (unpaired) electrons. The Balaban J connectivity index is 2.12. The minimum Gasteiger partial charge on any atom is -0.380 e. The van der Waals surface area contributed by atoms with E-state index in [-0.39, 0.29) is 0 Å². The highest BCUT2D eigenvalue weighted by Gasteiger charge is 2.23. The molecule has 1 unspecified atom stereocenters. The second-order valence-electron chi connectivity index (χ2n) is 5.48. The average molecular weight is 243 g/mol. The molecule has 0 amide bonds. The Kier molecular flexibility index (Phi) is 7.04. The normalized spacial score (nSPS) is 23.5. The predicted molar refractivity (Wildman–Crippen MR) is 72.2 cm³/mol. The van der Waals surface area contributed by atoms with E-state index in [2.05, 4.69) is 30.7 Å². The summed E-state index contributed by atoms with van der Waals surface area (Å²) in [7, 11) is 2.17. The van der Waals surface area contributed by atoms with Crippen LogP contribution < -0.4 is 5.73 Å². The highest BCUT2D eigenvalue weighted by Crippen LogP contribution is 2.07. The number of nitrogens with zero attached hydrogens (tertiary/aromatic N) is 2. The molecule has 1 heterocycles. The zero-order valence-corrected chi connectivity index (χ0v) is 11.7. The van der Waals surface area contributed by atoms with Crippen LogP contribution in [0.25, 0.3) is 0 Å². The molecule has 0 bridgehead atoms. The van der Waals surface area contributed by atoms with Gasteiger partial charge in [-0.1, -0.05) is 13.8 Å². The molecular weight excluding hydrogens is 214 g/mol. The van der Waals surface area contributed by atoms with Gasteiger partial charge in [0.15, 0.2) is 0 Å². The number of hydrogen-bond acceptors (Lipinski definition) is 4. The summed E-state index contributed by atoms with van der Waals surface area (Å²) in [5.41, 5.74) is 5.82. The molecule has 1 saturated heterocycles. The van der Waals surface area contributed by atoms with E-state index >= 15 is 0 Å². The second-order valence-corrected chi connectivity index (χ2v) is 5.48. The molecule has 4 heteroatoms. The van der Waals surface area contributed by atoms with Crippen molar-refractivity contribution in [3.63, 3.8) is 0 Å². The number of rotatable bonds is 7. The average Bonchev–Trinajstić information content (AvgIpc) is 2.29. The topological polar surface area (TPSA) is 41.7 Å². The summed E-state index contributed by atoms with van der Waals surface area (Å²) in [6.07, 6.45) is 1.16. The van der Waals surface area contributed by atoms with Crippen molar-refractivity contribution in [1.82, 2.24) is 9.80 Å². The fourth-order valence-electron chi connectivity index (χ4n) is 2.17. The Bertz CT molecular complexity index is 199. The van der Waals surface area contributed by atoms with Gasteiger partial charge in [0.25, 0.3) is 0 Å². The predicted octanol–water partition coefficient (Wildman–Crippen LogP) is 0.624. The van der Waals surface area contributed by atoms with Crippen LogP contribution in [0.15, 0.2) is 0 Å². The Labute approximate surface area is 106 Å². The summed E-state index contributed by atoms with van der Waals surface area (Å²) in [4.78, 5) is 4.82. The lowest BCUT2D eigenvalue weighted by Gasteiger charge is -2.39. The summed E-state index contributed by atoms with van der Waals surface area (Å²) in [6.45, 7) is 11.3. The molecule has 1 fully saturated rings. The summed E-state index contributed by atoms with van der Waals surface area (Å²) in [5, 5.41) is 0. The Hall–Kier alpha value is -0.160. The van der Waals surface area contributed by atoms with Gasteiger partial charge in [0.2, 0.25) is 0 Å². The van der Waals surface area contributed by atoms with Crippen molar-refractivity contribution in [3.05, 3.63) is 0 Å². The molecule has 0 aromatic rings. The van der Waals surface area contributed by atoms with Crippen molar-refractivity contribution < 1.29 is 4.74 Å². The standard InChI is InChI=1S/C13H29N3O/c1-12(2)4-8-17-9-7-16-6-5-15(3)11-13(16)10-14/h12-13H,4-11,14H2,1-3H3. The van der Waals surface area contributed by atoms with Gasteiger partial charge in [-0.2, -0.15) is 0 Å². The van der Waals surface area contributed by atoms with Gasteiger partial charge in [-0.25, -0.2) is 0 Å². The van der Waals surface area contributed by atoms with Gasteiger partial charge < -0.3 is 15.4 Å². The molecule has 102 valence electrons. The molecule has 17 heavy (non-hydrogen) atoms. The maximum Gasteiger partial charge on any atom is 0.0593 e. The Morgan fingerprint density at radius 1 is 1.29 bits per heavy atom. The first-order valence-corrected chi connectivity index (χ1v) is 6.84. The van der Waals surface area contributed by atoms with Crippen LogP contribution in [0.1, 0.15) is 20.3 Å². The highest BCUT2D eigenvalue weighted by molar-refractivity contribution is 4.81. The lowest BCUT2D eigenvalue weighted by Crippen LogP contribution is -2.55. The molecule has 0 aromatic carbocycles. The van der Waals surface area contributed by atoms with E-state index in [9.17, 15) is 0 Å². The monoisotopic (exact) mass is 243 g/mol. The molecule has 0 spiro atoms. The van der Waals surface area contributed by atoms with Crippen molar-refractivity contribution in [2.75, 3.05) is 53.0 Å². The smallest absolute Gasteiger partial charge is 0.0593 e. The minimum atomic E-state index is 0.502. The number of likely N-dealkylation sites (N-methyl/N-ethyl adjacent to an activating group) is 1. The summed E-state index contributed by atoms with van der Waals surface area (Å²) in [5.74, 6) is 0.732. The summed E-state index contributed by atoms with van der Waals surface area (Å²) < 4.78 is 5.67. The minimum absolute atomic E-state index is 0.502. The van der Waals surface area contributed by atoms with Crippen molar-refractivity contribution in [3.8, 4) is 0 Å². The van der Waals surface area contributed by atoms with Gasteiger partial charge in [0.1, 0.15) is 0 Å². The fourth-order valence-corrected chi connectivity index (χ4v) is 2.17. The van der Waals surface area contributed by atoms with Gasteiger partial charge in [0, 0.05) is 45.4 Å². The number of piperazine rings is 1. The maximum atomic E-state index is 5.82. The van der Waals surface area contributed by atoms with E-state index in [1.54, 1.807) is 0 Å². The first-order chi connectivity index (χ1) is 8.13. The molecule has 1 atom stereocenters. The van der Waals surface area contributed by atoms with E-state index < -0.39 is 0 Å². The van der Waals surface area contributed by atoms with Crippen LogP contribution in [-0.2, 0) is 4.74 Å². The lowest BCUT2D eigenvalue weighted by molar-refractivity contribution is 0.0483. The van der Waals surface area contributed by atoms with Crippen LogP contribution >= 0.6 is 0 Å². The first kappa shape index (κ1) is 14.9. The summed E-state index contributed by atoms with van der Waals surface area (Å²) >= 11 is 0. The molecule has 1 rings (SSSR count). The summed E-state index contributed by atoms with van der Waals surface area (Å²) in [6, 6.07) is 0.502. The van der Waals surface area contributed by atoms with Gasteiger partial charge in [-0.15, -0.1) is 0 Å². The Morgan fingerprint density at radius 2 is 2.06 bits per heavy atom. The van der Waals surface area contributed by atoms with Crippen LogP contribution in [0.4, 0.5) is 0 Å². The van der Waals surface area contributed by atoms with Crippen molar-refractivity contribution >= 4 is 0 Å². The van der Waals surface area contributed by atoms with Gasteiger partial charge in [0.05, 0.1) is 6.61 Å². The molecule has 0 aliphatic carbocycles. The van der Waals surface area contributed by atoms with Crippen molar-refractivity contribution in [2.45, 2.75) is 26.3 Å². The second kappa shape index (κ2) is 8.03. The van der Waals surface area contributed by atoms with Gasteiger partial charge >= 0.3 is 0 Å². The van der Waals surface area contributed by atoms with E-state index in [0.717, 1.165) is 58.3 Å². The SMILES string of the molecule is CC(C)CCOCCN1CCN(C)CC1CN.